The highest BCUT2D eigenvalue weighted by molar-refractivity contribution is 5.58. The Morgan fingerprint density at radius 3 is 2.38 bits per heavy atom. The van der Waals surface area contributed by atoms with Crippen LogP contribution in [0.5, 0.6) is 11.5 Å². The van der Waals surface area contributed by atoms with Gasteiger partial charge in [0.15, 0.2) is 0 Å². The van der Waals surface area contributed by atoms with E-state index >= 15 is 0 Å². The Balaban J connectivity index is 0.00000320. The molecule has 2 heterocycles. The van der Waals surface area contributed by atoms with Crippen LogP contribution in [0.2, 0.25) is 0 Å². The molecule has 2 aromatic carbocycles. The average Bonchev–Trinajstić information content (AvgIpc) is 3.48. The van der Waals surface area contributed by atoms with Crippen molar-refractivity contribution in [1.82, 2.24) is 4.57 Å². The molecule has 1 saturated heterocycles. The predicted molar refractivity (Wildman–Crippen MR) is 144 cm³/mol. The van der Waals surface area contributed by atoms with Crippen LogP contribution in [0.25, 0.3) is 5.69 Å². The maximum atomic E-state index is 10.8. The Bertz CT molecular complexity index is 1090. The molecule has 7 heteroatoms. The number of rotatable bonds is 9. The first-order valence-corrected chi connectivity index (χ1v) is 13.5. The molecule has 2 fully saturated rings. The van der Waals surface area contributed by atoms with Gasteiger partial charge >= 0.3 is 0 Å². The lowest BCUT2D eigenvalue weighted by Gasteiger charge is -2.35. The van der Waals surface area contributed by atoms with Crippen LogP contribution >= 0.6 is 0 Å². The van der Waals surface area contributed by atoms with Crippen LogP contribution in [0.3, 0.4) is 0 Å². The van der Waals surface area contributed by atoms with E-state index in [0.717, 1.165) is 49.1 Å². The number of ether oxygens (including phenoxy) is 2. The number of halogens is 1. The number of aliphatic hydroxyl groups is 1. The molecule has 2 aliphatic rings. The molecule has 0 spiro atoms. The Hall–Kier alpha value is -2.67. The van der Waals surface area contributed by atoms with Crippen LogP contribution in [-0.4, -0.2) is 62.2 Å². The molecule has 6 nitrogen and oxygen atoms in total. The summed E-state index contributed by atoms with van der Waals surface area (Å²) in [4.78, 5) is 3.79. The molecular formula is C30H40ClN3O3. The second-order valence-corrected chi connectivity index (χ2v) is 10.2. The smallest absolute Gasteiger partial charge is 0.143 e. The van der Waals surface area contributed by atoms with Crippen molar-refractivity contribution in [3.8, 4) is 17.2 Å². The first kappa shape index (κ1) is 27.4. The highest BCUT2D eigenvalue weighted by Gasteiger charge is 2.25. The van der Waals surface area contributed by atoms with Crippen LogP contribution < -0.4 is 31.7 Å². The summed E-state index contributed by atoms with van der Waals surface area (Å²) in [5, 5.41) is 10.8. The van der Waals surface area contributed by atoms with E-state index in [0.29, 0.717) is 19.1 Å². The molecule has 0 bridgehead atoms. The zero-order chi connectivity index (χ0) is 24.7. The van der Waals surface area contributed by atoms with Crippen LogP contribution in [-0.2, 0) is 0 Å². The number of piperazine rings is 1. The molecule has 1 aromatic heterocycles. The number of anilines is 1. The van der Waals surface area contributed by atoms with E-state index in [1.807, 2.05) is 24.3 Å². The van der Waals surface area contributed by atoms with E-state index in [4.69, 9.17) is 9.47 Å². The lowest BCUT2D eigenvalue weighted by molar-refractivity contribution is -0.903. The molecular weight excluding hydrogens is 486 g/mol. The Kier molecular flexibility index (Phi) is 9.78. The molecule has 200 valence electrons. The van der Waals surface area contributed by atoms with E-state index in [1.165, 1.54) is 42.6 Å². The summed E-state index contributed by atoms with van der Waals surface area (Å²) in [5.41, 5.74) is 3.62. The van der Waals surface area contributed by atoms with Crippen molar-refractivity contribution >= 4 is 5.69 Å². The van der Waals surface area contributed by atoms with Crippen LogP contribution in [0.1, 0.15) is 43.6 Å². The van der Waals surface area contributed by atoms with Gasteiger partial charge in [-0.15, -0.1) is 0 Å². The van der Waals surface area contributed by atoms with Gasteiger partial charge in [0, 0.05) is 12.4 Å². The summed E-state index contributed by atoms with van der Waals surface area (Å²) in [6.45, 7) is 4.86. The first-order chi connectivity index (χ1) is 17.7. The topological polar surface area (TPSA) is 51.3 Å². The number of para-hydroxylation sites is 2. The second-order valence-electron chi connectivity index (χ2n) is 10.2. The molecule has 1 aliphatic heterocycles. The standard InChI is InChI=1S/C30H39N3O3.ClH/c1-35-29-12-6-5-11-27(29)33-19-17-31(18-20-33)22-26(34)23-36-30-14-13-25(24-9-3-2-4-10-24)21-28(30)32-15-7-8-16-32;/h5-8,11-16,21,24,26,34H,2-4,9-10,17-20,22-23H2,1H3;1H. The maximum absolute atomic E-state index is 10.8. The van der Waals surface area contributed by atoms with Gasteiger partial charge in [-0.25, -0.2) is 0 Å². The zero-order valence-corrected chi connectivity index (χ0v) is 22.6. The number of aliphatic hydroxyl groups excluding tert-OH is 1. The van der Waals surface area contributed by atoms with E-state index < -0.39 is 6.10 Å². The fraction of sp³-hybridized carbons (Fsp3) is 0.467. The highest BCUT2D eigenvalue weighted by Crippen LogP contribution is 2.36. The Morgan fingerprint density at radius 1 is 0.919 bits per heavy atom. The number of benzene rings is 2. The van der Waals surface area contributed by atoms with E-state index in [9.17, 15) is 5.11 Å². The minimum atomic E-state index is -0.506. The third kappa shape index (κ3) is 6.81. The summed E-state index contributed by atoms with van der Waals surface area (Å²) in [5.74, 6) is 2.40. The summed E-state index contributed by atoms with van der Waals surface area (Å²) >= 11 is 0. The quantitative estimate of drug-likeness (QED) is 0.431. The van der Waals surface area contributed by atoms with Crippen LogP contribution in [0.4, 0.5) is 5.69 Å². The summed E-state index contributed by atoms with van der Waals surface area (Å²) < 4.78 is 13.9. The molecule has 1 unspecified atom stereocenters. The monoisotopic (exact) mass is 525 g/mol. The van der Waals surface area contributed by atoms with Gasteiger partial charge in [-0.05, 0) is 60.7 Å². The summed E-state index contributed by atoms with van der Waals surface area (Å²) in [7, 11) is 1.72. The SMILES string of the molecule is COc1ccccc1N1CC[NH+](CC(O)COc2ccc(C3CCCCC3)cc2-n2cccc2)CC1.[Cl-]. The molecule has 0 radical (unpaired) electrons. The summed E-state index contributed by atoms with van der Waals surface area (Å²) in [6.07, 6.45) is 10.2. The molecule has 1 saturated carbocycles. The number of aromatic nitrogens is 1. The lowest BCUT2D eigenvalue weighted by Crippen LogP contribution is -3.16. The average molecular weight is 526 g/mol. The molecule has 37 heavy (non-hydrogen) atoms. The van der Waals surface area contributed by atoms with Crippen LogP contribution in [0, 0.1) is 0 Å². The highest BCUT2D eigenvalue weighted by atomic mass is 35.5. The van der Waals surface area contributed by atoms with Gasteiger partial charge in [-0.3, -0.25) is 0 Å². The molecule has 2 N–H and O–H groups in total. The normalized spacial score (nSPS) is 17.7. The zero-order valence-electron chi connectivity index (χ0n) is 21.8. The van der Waals surface area contributed by atoms with Crippen molar-refractivity contribution in [2.45, 2.75) is 44.1 Å². The predicted octanol–water partition coefficient (Wildman–Crippen LogP) is 0.682. The molecule has 3 aromatic rings. The fourth-order valence-corrected chi connectivity index (χ4v) is 5.78. The van der Waals surface area contributed by atoms with Crippen molar-refractivity contribution in [2.75, 3.05) is 51.3 Å². The molecule has 5 rings (SSSR count). The lowest BCUT2D eigenvalue weighted by atomic mass is 9.84. The second kappa shape index (κ2) is 13.2. The minimum Gasteiger partial charge on any atom is -1.00 e. The molecule has 0 amide bonds. The number of hydrogen-bond donors (Lipinski definition) is 2. The Morgan fingerprint density at radius 2 is 1.65 bits per heavy atom. The van der Waals surface area contributed by atoms with Crippen molar-refractivity contribution in [2.24, 2.45) is 0 Å². The van der Waals surface area contributed by atoms with Gasteiger partial charge in [-0.1, -0.05) is 37.5 Å². The molecule has 1 atom stereocenters. The van der Waals surface area contributed by atoms with E-state index in [-0.39, 0.29) is 12.4 Å². The van der Waals surface area contributed by atoms with Crippen molar-refractivity contribution in [1.29, 1.82) is 0 Å². The van der Waals surface area contributed by atoms with Crippen molar-refractivity contribution in [3.63, 3.8) is 0 Å². The third-order valence-electron chi connectivity index (χ3n) is 7.79. The van der Waals surface area contributed by atoms with Gasteiger partial charge in [0.25, 0.3) is 0 Å². The third-order valence-corrected chi connectivity index (χ3v) is 7.79. The number of nitrogens with one attached hydrogen (secondary N) is 1. The number of nitrogens with zero attached hydrogens (tertiary/aromatic N) is 2. The maximum Gasteiger partial charge on any atom is 0.143 e. The van der Waals surface area contributed by atoms with Crippen molar-refractivity contribution in [3.05, 3.63) is 72.6 Å². The van der Waals surface area contributed by atoms with Gasteiger partial charge in [-0.2, -0.15) is 0 Å². The van der Waals surface area contributed by atoms with E-state index in [1.54, 1.807) is 7.11 Å². The Labute approximate surface area is 227 Å². The first-order valence-electron chi connectivity index (χ1n) is 13.5. The number of quaternary nitrogens is 1. The largest absolute Gasteiger partial charge is 1.00 e. The van der Waals surface area contributed by atoms with E-state index in [2.05, 4.69) is 52.2 Å². The molecule has 1 aliphatic carbocycles. The van der Waals surface area contributed by atoms with Gasteiger partial charge in [0.1, 0.15) is 30.8 Å². The van der Waals surface area contributed by atoms with Gasteiger partial charge in [0.2, 0.25) is 0 Å². The van der Waals surface area contributed by atoms with Crippen molar-refractivity contribution < 1.29 is 31.9 Å². The number of hydrogen-bond acceptors (Lipinski definition) is 4. The summed E-state index contributed by atoms with van der Waals surface area (Å²) in [6, 6.07) is 18.9. The van der Waals surface area contributed by atoms with Crippen LogP contribution in [0.15, 0.2) is 67.0 Å². The number of methoxy groups -OCH3 is 1. The fourth-order valence-electron chi connectivity index (χ4n) is 5.78. The van der Waals surface area contributed by atoms with Gasteiger partial charge in [0.05, 0.1) is 44.7 Å². The van der Waals surface area contributed by atoms with Gasteiger partial charge < -0.3 is 41.4 Å². The minimum absolute atomic E-state index is 0.